The van der Waals surface area contributed by atoms with Crippen molar-refractivity contribution in [3.8, 4) is 11.1 Å². The summed E-state index contributed by atoms with van der Waals surface area (Å²) in [5, 5.41) is 5.02. The molecule has 4 N–H and O–H groups in total. The van der Waals surface area contributed by atoms with Gasteiger partial charge in [-0.2, -0.15) is 0 Å². The van der Waals surface area contributed by atoms with Gasteiger partial charge in [-0.25, -0.2) is 0 Å². The molecule has 28 heavy (non-hydrogen) atoms. The van der Waals surface area contributed by atoms with Crippen LogP contribution in [0, 0.1) is 0 Å². The van der Waals surface area contributed by atoms with Crippen molar-refractivity contribution in [3.63, 3.8) is 0 Å². The van der Waals surface area contributed by atoms with Gasteiger partial charge in [-0.05, 0) is 24.3 Å². The largest absolute Gasteiger partial charge is 0.398 e. The van der Waals surface area contributed by atoms with Gasteiger partial charge >= 0.3 is 0 Å². The van der Waals surface area contributed by atoms with Crippen LogP contribution < -0.4 is 11.5 Å². The molecule has 0 unspecified atom stereocenters. The summed E-state index contributed by atoms with van der Waals surface area (Å²) >= 11 is 3.58. The summed E-state index contributed by atoms with van der Waals surface area (Å²) in [5.74, 6) is 0. The minimum Gasteiger partial charge on any atom is -0.398 e. The van der Waals surface area contributed by atoms with E-state index in [9.17, 15) is 0 Å². The van der Waals surface area contributed by atoms with Crippen molar-refractivity contribution < 1.29 is 0 Å². The lowest BCUT2D eigenvalue weighted by Crippen LogP contribution is -1.95. The molecular weight excluding hydrogens is 380 g/mol. The number of nitrogen functional groups attached to an aromatic ring is 2. The zero-order valence-corrected chi connectivity index (χ0v) is 16.5. The highest BCUT2D eigenvalue weighted by atomic mass is 32.1. The fourth-order valence-electron chi connectivity index (χ4n) is 4.12. The fourth-order valence-corrected chi connectivity index (χ4v) is 6.65. The third-order valence-corrected chi connectivity index (χ3v) is 7.82. The Balaban J connectivity index is 1.82. The first kappa shape index (κ1) is 15.9. The van der Waals surface area contributed by atoms with Gasteiger partial charge in [0.25, 0.3) is 0 Å². The van der Waals surface area contributed by atoms with Crippen LogP contribution in [0.3, 0.4) is 0 Å². The molecule has 0 aliphatic rings. The van der Waals surface area contributed by atoms with E-state index in [1.165, 1.54) is 40.3 Å². The SMILES string of the molecule is Nc1ccc2c(sc3ccccc32)c1-c1c(N)ccc2c1sc1ccccc12. The molecule has 2 nitrogen and oxygen atoms in total. The molecule has 2 heterocycles. The van der Waals surface area contributed by atoms with Crippen molar-refractivity contribution >= 4 is 74.4 Å². The molecule has 0 amide bonds. The van der Waals surface area contributed by atoms with Crippen molar-refractivity contribution in [1.29, 1.82) is 0 Å². The van der Waals surface area contributed by atoms with Gasteiger partial charge in [0.05, 0.1) is 0 Å². The molecule has 4 aromatic carbocycles. The van der Waals surface area contributed by atoms with Gasteiger partial charge in [0.15, 0.2) is 0 Å². The summed E-state index contributed by atoms with van der Waals surface area (Å²) in [6, 6.07) is 25.3. The lowest BCUT2D eigenvalue weighted by Gasteiger charge is -2.12. The zero-order valence-electron chi connectivity index (χ0n) is 14.9. The fraction of sp³-hybridized carbons (Fsp3) is 0. The van der Waals surface area contributed by atoms with Gasteiger partial charge in [0, 0.05) is 62.8 Å². The highest BCUT2D eigenvalue weighted by Crippen LogP contribution is 2.49. The van der Waals surface area contributed by atoms with Gasteiger partial charge < -0.3 is 11.5 Å². The first-order valence-electron chi connectivity index (χ1n) is 9.12. The van der Waals surface area contributed by atoms with Gasteiger partial charge in [-0.1, -0.05) is 48.5 Å². The summed E-state index contributed by atoms with van der Waals surface area (Å²) < 4.78 is 4.95. The molecule has 2 aromatic heterocycles. The lowest BCUT2D eigenvalue weighted by molar-refractivity contribution is 1.72. The van der Waals surface area contributed by atoms with E-state index in [0.29, 0.717) is 0 Å². The second-order valence-electron chi connectivity index (χ2n) is 7.01. The van der Waals surface area contributed by atoms with E-state index in [2.05, 4.69) is 60.7 Å². The van der Waals surface area contributed by atoms with Gasteiger partial charge in [0.2, 0.25) is 0 Å². The van der Waals surface area contributed by atoms with Crippen LogP contribution in [0.15, 0.2) is 72.8 Å². The Bertz CT molecular complexity index is 1420. The molecular formula is C24H16N2S2. The van der Waals surface area contributed by atoms with Crippen LogP contribution in [0.5, 0.6) is 0 Å². The first-order valence-corrected chi connectivity index (χ1v) is 10.8. The van der Waals surface area contributed by atoms with Crippen molar-refractivity contribution in [2.75, 3.05) is 11.5 Å². The maximum Gasteiger partial charge on any atom is 0.0455 e. The maximum absolute atomic E-state index is 6.55. The number of thiophene rings is 2. The number of rotatable bonds is 1. The smallest absolute Gasteiger partial charge is 0.0455 e. The minimum absolute atomic E-state index is 0.774. The van der Waals surface area contributed by atoms with E-state index >= 15 is 0 Å². The highest BCUT2D eigenvalue weighted by Gasteiger charge is 2.19. The quantitative estimate of drug-likeness (QED) is 0.287. The number of hydrogen-bond acceptors (Lipinski definition) is 4. The number of hydrogen-bond donors (Lipinski definition) is 2. The third kappa shape index (κ3) is 2.07. The molecule has 0 saturated carbocycles. The molecule has 4 heteroatoms. The highest BCUT2D eigenvalue weighted by molar-refractivity contribution is 7.27. The van der Waals surface area contributed by atoms with Crippen molar-refractivity contribution in [1.82, 2.24) is 0 Å². The van der Waals surface area contributed by atoms with Crippen LogP contribution in [0.2, 0.25) is 0 Å². The molecule has 6 aromatic rings. The Kier molecular flexibility index (Phi) is 3.25. The third-order valence-electron chi connectivity index (χ3n) is 5.41. The van der Waals surface area contributed by atoms with Crippen LogP contribution in [-0.2, 0) is 0 Å². The van der Waals surface area contributed by atoms with Crippen LogP contribution in [0.1, 0.15) is 0 Å². The Hall–Kier alpha value is -3.08. The van der Waals surface area contributed by atoms with Crippen LogP contribution >= 0.6 is 22.7 Å². The summed E-state index contributed by atoms with van der Waals surface area (Å²) in [7, 11) is 0. The van der Waals surface area contributed by atoms with E-state index in [0.717, 1.165) is 22.5 Å². The summed E-state index contributed by atoms with van der Waals surface area (Å²) in [6.07, 6.45) is 0. The molecule has 134 valence electrons. The lowest BCUT2D eigenvalue weighted by atomic mass is 9.97. The number of fused-ring (bicyclic) bond motifs is 6. The van der Waals surface area contributed by atoms with E-state index in [1.807, 2.05) is 12.1 Å². The van der Waals surface area contributed by atoms with Gasteiger partial charge in [-0.3, -0.25) is 0 Å². The minimum atomic E-state index is 0.774. The Morgan fingerprint density at radius 2 is 0.893 bits per heavy atom. The number of nitrogens with two attached hydrogens (primary N) is 2. The maximum atomic E-state index is 6.55. The molecule has 0 radical (unpaired) electrons. The monoisotopic (exact) mass is 396 g/mol. The van der Waals surface area contributed by atoms with Crippen LogP contribution in [-0.4, -0.2) is 0 Å². The van der Waals surface area contributed by atoms with Crippen molar-refractivity contribution in [2.24, 2.45) is 0 Å². The Morgan fingerprint density at radius 1 is 0.464 bits per heavy atom. The van der Waals surface area contributed by atoms with Crippen LogP contribution in [0.25, 0.3) is 51.5 Å². The second-order valence-corrected chi connectivity index (χ2v) is 9.11. The van der Waals surface area contributed by atoms with Crippen LogP contribution in [0.4, 0.5) is 11.4 Å². The number of benzene rings is 4. The summed E-state index contributed by atoms with van der Waals surface area (Å²) in [6.45, 7) is 0. The average molecular weight is 397 g/mol. The van der Waals surface area contributed by atoms with Gasteiger partial charge in [0.1, 0.15) is 0 Å². The first-order chi connectivity index (χ1) is 13.7. The van der Waals surface area contributed by atoms with Crippen molar-refractivity contribution in [3.05, 3.63) is 72.8 Å². The molecule has 0 aliphatic carbocycles. The van der Waals surface area contributed by atoms with Gasteiger partial charge in [-0.15, -0.1) is 22.7 Å². The molecule has 0 spiro atoms. The molecule has 0 fully saturated rings. The van der Waals surface area contributed by atoms with E-state index < -0.39 is 0 Å². The second kappa shape index (κ2) is 5.71. The summed E-state index contributed by atoms with van der Waals surface area (Å²) in [5.41, 5.74) is 16.8. The standard InChI is InChI=1S/C24H16N2S2/c25-17-11-9-15-13-5-1-3-7-19(13)27-23(15)21(17)22-18(26)12-10-16-14-6-2-4-8-20(14)28-24(16)22/h1-12H,25-26H2. The molecule has 6 rings (SSSR count). The Morgan fingerprint density at radius 3 is 1.36 bits per heavy atom. The molecule has 0 atom stereocenters. The van der Waals surface area contributed by atoms with E-state index in [-0.39, 0.29) is 0 Å². The van der Waals surface area contributed by atoms with E-state index in [1.54, 1.807) is 22.7 Å². The molecule has 0 saturated heterocycles. The summed E-state index contributed by atoms with van der Waals surface area (Å²) in [4.78, 5) is 0. The Labute approximate surface area is 169 Å². The normalized spacial score (nSPS) is 11.9. The van der Waals surface area contributed by atoms with E-state index in [4.69, 9.17) is 11.5 Å². The zero-order chi connectivity index (χ0) is 18.8. The average Bonchev–Trinajstić information content (AvgIpc) is 3.27. The topological polar surface area (TPSA) is 52.0 Å². The predicted octanol–water partition coefficient (Wildman–Crippen LogP) is 7.25. The molecule has 0 aliphatic heterocycles. The van der Waals surface area contributed by atoms with Crippen molar-refractivity contribution in [2.45, 2.75) is 0 Å². The number of anilines is 2. The predicted molar refractivity (Wildman–Crippen MR) is 126 cm³/mol. The molecule has 0 bridgehead atoms.